The third-order valence-electron chi connectivity index (χ3n) is 5.25. The normalized spacial score (nSPS) is 13.7. The van der Waals surface area contributed by atoms with E-state index in [4.69, 9.17) is 16.3 Å². The van der Waals surface area contributed by atoms with Crippen molar-refractivity contribution in [3.05, 3.63) is 99.6 Å². The van der Waals surface area contributed by atoms with Gasteiger partial charge in [0.15, 0.2) is 6.10 Å². The molecule has 1 heterocycles. The summed E-state index contributed by atoms with van der Waals surface area (Å²) >= 11 is 6.15. The summed E-state index contributed by atoms with van der Waals surface area (Å²) in [4.78, 5) is 51.8. The van der Waals surface area contributed by atoms with Crippen molar-refractivity contribution >= 4 is 40.9 Å². The van der Waals surface area contributed by atoms with Gasteiger partial charge in [-0.3, -0.25) is 14.4 Å². The SMILES string of the molecule is Cc1ccc(N2C(=O)c3ccc(C(=O)O[C@H](C)C(=O)c4ccccc4)cc3C2=O)cc1Cl. The highest BCUT2D eigenvalue weighted by molar-refractivity contribution is 6.36. The highest BCUT2D eigenvalue weighted by atomic mass is 35.5. The number of ketones is 1. The van der Waals surface area contributed by atoms with Crippen molar-refractivity contribution in [2.75, 3.05) is 4.90 Å². The second kappa shape index (κ2) is 8.40. The number of carbonyl (C=O) groups is 4. The Morgan fingerprint density at radius 3 is 2.25 bits per heavy atom. The highest BCUT2D eigenvalue weighted by Crippen LogP contribution is 2.31. The van der Waals surface area contributed by atoms with Gasteiger partial charge in [0.1, 0.15) is 0 Å². The van der Waals surface area contributed by atoms with E-state index in [0.29, 0.717) is 16.3 Å². The Kier molecular flexibility index (Phi) is 5.63. The number of benzene rings is 3. The number of anilines is 1. The Labute approximate surface area is 189 Å². The molecule has 0 saturated carbocycles. The molecule has 3 aromatic rings. The number of aryl methyl sites for hydroxylation is 1. The number of ether oxygens (including phenoxy) is 1. The van der Waals surface area contributed by atoms with Crippen molar-refractivity contribution in [2.45, 2.75) is 20.0 Å². The highest BCUT2D eigenvalue weighted by Gasteiger charge is 2.37. The van der Waals surface area contributed by atoms with E-state index in [-0.39, 0.29) is 22.5 Å². The lowest BCUT2D eigenvalue weighted by Crippen LogP contribution is -2.29. The number of carbonyl (C=O) groups excluding carboxylic acids is 4. The molecule has 0 radical (unpaired) electrons. The second-order valence-corrected chi connectivity index (χ2v) is 7.82. The molecule has 2 amide bonds. The zero-order valence-electron chi connectivity index (χ0n) is 17.3. The smallest absolute Gasteiger partial charge is 0.338 e. The van der Waals surface area contributed by atoms with E-state index in [9.17, 15) is 19.2 Å². The molecule has 1 aliphatic rings. The van der Waals surface area contributed by atoms with Crippen molar-refractivity contribution in [3.8, 4) is 0 Å². The lowest BCUT2D eigenvalue weighted by molar-refractivity contribution is 0.0318. The van der Waals surface area contributed by atoms with Crippen LogP contribution < -0.4 is 4.90 Å². The Morgan fingerprint density at radius 1 is 0.875 bits per heavy atom. The predicted molar refractivity (Wildman–Crippen MR) is 119 cm³/mol. The lowest BCUT2D eigenvalue weighted by Gasteiger charge is -2.14. The average Bonchev–Trinajstić information content (AvgIpc) is 3.05. The van der Waals surface area contributed by atoms with Crippen molar-refractivity contribution in [1.29, 1.82) is 0 Å². The second-order valence-electron chi connectivity index (χ2n) is 7.42. The fraction of sp³-hybridized carbons (Fsp3) is 0.120. The number of halogens is 1. The number of Topliss-reactive ketones (excluding diaryl/α,β-unsaturated/α-hetero) is 1. The van der Waals surface area contributed by atoms with Crippen LogP contribution in [0.15, 0.2) is 66.7 Å². The van der Waals surface area contributed by atoms with Crippen LogP contribution in [0.25, 0.3) is 0 Å². The Bertz CT molecular complexity index is 1270. The topological polar surface area (TPSA) is 80.8 Å². The molecule has 0 spiro atoms. The molecule has 0 aliphatic carbocycles. The number of amides is 2. The van der Waals surface area contributed by atoms with E-state index in [0.717, 1.165) is 10.5 Å². The van der Waals surface area contributed by atoms with Gasteiger partial charge >= 0.3 is 5.97 Å². The van der Waals surface area contributed by atoms with Crippen LogP contribution in [0.4, 0.5) is 5.69 Å². The van der Waals surface area contributed by atoms with E-state index < -0.39 is 23.9 Å². The number of nitrogens with zero attached hydrogens (tertiary/aromatic N) is 1. The van der Waals surface area contributed by atoms with Crippen LogP contribution in [0.2, 0.25) is 5.02 Å². The zero-order valence-corrected chi connectivity index (χ0v) is 18.1. The number of rotatable bonds is 5. The summed E-state index contributed by atoms with van der Waals surface area (Å²) in [7, 11) is 0. The summed E-state index contributed by atoms with van der Waals surface area (Å²) in [5, 5.41) is 0.431. The molecule has 0 bridgehead atoms. The Balaban J connectivity index is 1.56. The third kappa shape index (κ3) is 3.81. The number of hydrogen-bond donors (Lipinski definition) is 0. The van der Waals surface area contributed by atoms with Gasteiger partial charge < -0.3 is 4.74 Å². The first-order chi connectivity index (χ1) is 15.3. The molecule has 0 N–H and O–H groups in total. The summed E-state index contributed by atoms with van der Waals surface area (Å²) in [5.74, 6) is -2.17. The summed E-state index contributed by atoms with van der Waals surface area (Å²) in [6, 6.07) is 17.5. The van der Waals surface area contributed by atoms with Gasteiger partial charge in [-0.2, -0.15) is 0 Å². The minimum atomic E-state index is -1.01. The first-order valence-electron chi connectivity index (χ1n) is 9.87. The van der Waals surface area contributed by atoms with Crippen LogP contribution in [0.1, 0.15) is 53.9 Å². The van der Waals surface area contributed by atoms with E-state index in [1.807, 2.05) is 6.92 Å². The molecule has 1 atom stereocenters. The van der Waals surface area contributed by atoms with E-state index in [1.54, 1.807) is 48.5 Å². The van der Waals surface area contributed by atoms with Gasteiger partial charge in [0.05, 0.1) is 22.4 Å². The fourth-order valence-electron chi connectivity index (χ4n) is 3.44. The minimum Gasteiger partial charge on any atom is -0.451 e. The van der Waals surface area contributed by atoms with Crippen LogP contribution in [0.5, 0.6) is 0 Å². The van der Waals surface area contributed by atoms with Gasteiger partial charge in [0.2, 0.25) is 5.78 Å². The molecule has 4 rings (SSSR count). The molecule has 6 nitrogen and oxygen atoms in total. The Morgan fingerprint density at radius 2 is 1.56 bits per heavy atom. The van der Waals surface area contributed by atoms with Gasteiger partial charge in [0.25, 0.3) is 11.8 Å². The minimum absolute atomic E-state index is 0.0707. The van der Waals surface area contributed by atoms with Gasteiger partial charge in [-0.1, -0.05) is 48.0 Å². The van der Waals surface area contributed by atoms with Crippen molar-refractivity contribution in [3.63, 3.8) is 0 Å². The molecule has 32 heavy (non-hydrogen) atoms. The number of imide groups is 1. The zero-order chi connectivity index (χ0) is 23.0. The standard InChI is InChI=1S/C25H18ClNO5/c1-14-8-10-18(13-21(14)26)27-23(29)19-11-9-17(12-20(19)24(27)30)25(31)32-15(2)22(28)16-6-4-3-5-7-16/h3-13,15H,1-2H3/t15-/m1/s1. The summed E-state index contributed by atoms with van der Waals surface area (Å²) in [5.41, 5.74) is 1.92. The first-order valence-corrected chi connectivity index (χ1v) is 10.2. The molecule has 160 valence electrons. The van der Waals surface area contributed by atoms with Crippen LogP contribution in [0, 0.1) is 6.92 Å². The van der Waals surface area contributed by atoms with Gasteiger partial charge in [0, 0.05) is 10.6 Å². The van der Waals surface area contributed by atoms with Crippen LogP contribution >= 0.6 is 11.6 Å². The Hall–Kier alpha value is -3.77. The van der Waals surface area contributed by atoms with Crippen LogP contribution in [-0.4, -0.2) is 29.7 Å². The average molecular weight is 448 g/mol. The third-order valence-corrected chi connectivity index (χ3v) is 5.65. The maximum atomic E-state index is 12.9. The molecular formula is C25H18ClNO5. The number of hydrogen-bond acceptors (Lipinski definition) is 5. The summed E-state index contributed by atoms with van der Waals surface area (Å²) in [6.45, 7) is 3.30. The summed E-state index contributed by atoms with van der Waals surface area (Å²) < 4.78 is 5.30. The first kappa shape index (κ1) is 21.5. The van der Waals surface area contributed by atoms with Gasteiger partial charge in [-0.15, -0.1) is 0 Å². The quantitative estimate of drug-likeness (QED) is 0.316. The van der Waals surface area contributed by atoms with Crippen molar-refractivity contribution < 1.29 is 23.9 Å². The number of fused-ring (bicyclic) bond motifs is 1. The number of esters is 1. The van der Waals surface area contributed by atoms with Crippen molar-refractivity contribution in [1.82, 2.24) is 0 Å². The van der Waals surface area contributed by atoms with Crippen LogP contribution in [0.3, 0.4) is 0 Å². The van der Waals surface area contributed by atoms with Gasteiger partial charge in [-0.25, -0.2) is 9.69 Å². The maximum absolute atomic E-state index is 12.9. The van der Waals surface area contributed by atoms with Crippen LogP contribution in [-0.2, 0) is 4.74 Å². The molecule has 0 aromatic heterocycles. The molecule has 0 unspecified atom stereocenters. The largest absolute Gasteiger partial charge is 0.451 e. The van der Waals surface area contributed by atoms with E-state index in [2.05, 4.69) is 0 Å². The van der Waals surface area contributed by atoms with E-state index >= 15 is 0 Å². The van der Waals surface area contributed by atoms with Gasteiger partial charge in [-0.05, 0) is 49.7 Å². The molecule has 0 saturated heterocycles. The monoisotopic (exact) mass is 447 g/mol. The molecule has 3 aromatic carbocycles. The molecule has 1 aliphatic heterocycles. The lowest BCUT2D eigenvalue weighted by atomic mass is 10.1. The molecule has 7 heteroatoms. The predicted octanol–water partition coefficient (Wildman–Crippen LogP) is 4.88. The maximum Gasteiger partial charge on any atom is 0.338 e. The molecule has 0 fully saturated rings. The summed E-state index contributed by atoms with van der Waals surface area (Å²) in [6.07, 6.45) is -1.01. The van der Waals surface area contributed by atoms with E-state index in [1.165, 1.54) is 25.1 Å². The van der Waals surface area contributed by atoms with Crippen molar-refractivity contribution in [2.24, 2.45) is 0 Å². The fourth-order valence-corrected chi connectivity index (χ4v) is 3.62. The molecular weight excluding hydrogens is 430 g/mol.